The van der Waals surface area contributed by atoms with Crippen molar-refractivity contribution in [1.29, 1.82) is 0 Å². The Hall–Kier alpha value is 0.350. The molecule has 1 saturated heterocycles. The molecule has 0 radical (unpaired) electrons. The summed E-state index contributed by atoms with van der Waals surface area (Å²) in [7, 11) is -1.14. The monoisotopic (exact) mass is 93.0 g/mol. The van der Waals surface area contributed by atoms with Crippen molar-refractivity contribution in [1.82, 2.24) is 0 Å². The van der Waals surface area contributed by atoms with Crippen LogP contribution in [0.1, 0.15) is 0 Å². The lowest BCUT2D eigenvalue weighted by molar-refractivity contribution is 0.0850. The highest BCUT2D eigenvalue weighted by Gasteiger charge is 2.51. The fourth-order valence-electron chi connectivity index (χ4n) is 0.0667. The average molecular weight is 93.0 g/mol. The van der Waals surface area contributed by atoms with Crippen LogP contribution < -0.4 is 0 Å². The highest BCUT2D eigenvalue weighted by molar-refractivity contribution is 7.68. The Labute approximate surface area is 31.5 Å². The molecule has 0 aromatic carbocycles. The molecular weight excluding hydrogens is 87.0 g/mol. The van der Waals surface area contributed by atoms with Crippen LogP contribution in [0.5, 0.6) is 0 Å². The van der Waals surface area contributed by atoms with Gasteiger partial charge < -0.3 is 0 Å². The Kier molecular flexibility index (Phi) is 0.495. The molecule has 1 rings (SSSR count). The largest absolute Gasteiger partial charge is 0.360 e. The van der Waals surface area contributed by atoms with Gasteiger partial charge in [-0.2, -0.15) is 0 Å². The Morgan fingerprint density at radius 2 is 1.40 bits per heavy atom. The summed E-state index contributed by atoms with van der Waals surface area (Å²) in [6.45, 7) is 3.93. The van der Waals surface area contributed by atoms with Crippen LogP contribution in [0.4, 0.5) is 0 Å². The molecule has 1 heterocycles. The Morgan fingerprint density at radius 1 is 1.20 bits per heavy atom. The first-order valence-corrected chi connectivity index (χ1v) is 3.95. The van der Waals surface area contributed by atoms with Gasteiger partial charge in [-0.25, -0.2) is 0 Å². The molecule has 0 bridgehead atoms. The van der Waals surface area contributed by atoms with Crippen LogP contribution in [-0.4, -0.2) is 13.3 Å². The SMILES string of the molecule is C[P+]1(C)OO1. The van der Waals surface area contributed by atoms with Crippen molar-refractivity contribution in [3.05, 3.63) is 0 Å². The van der Waals surface area contributed by atoms with Crippen molar-refractivity contribution in [3.8, 4) is 0 Å². The van der Waals surface area contributed by atoms with Crippen molar-refractivity contribution in [2.75, 3.05) is 13.3 Å². The lowest BCUT2D eigenvalue weighted by Crippen LogP contribution is -1.50. The summed E-state index contributed by atoms with van der Waals surface area (Å²) in [6, 6.07) is 0. The summed E-state index contributed by atoms with van der Waals surface area (Å²) in [5.41, 5.74) is 0. The van der Waals surface area contributed by atoms with Crippen LogP contribution in [-0.2, 0) is 9.35 Å². The van der Waals surface area contributed by atoms with Crippen LogP contribution in [0.15, 0.2) is 0 Å². The maximum atomic E-state index is 4.51. The highest BCUT2D eigenvalue weighted by Crippen LogP contribution is 2.69. The summed E-state index contributed by atoms with van der Waals surface area (Å²) >= 11 is 0. The molecule has 0 saturated carbocycles. The minimum absolute atomic E-state index is 1.14. The van der Waals surface area contributed by atoms with Crippen LogP contribution in [0, 0.1) is 0 Å². The minimum Gasteiger partial charge on any atom is -0.00833 e. The van der Waals surface area contributed by atoms with Gasteiger partial charge in [-0.3, -0.25) is 0 Å². The van der Waals surface area contributed by atoms with Crippen LogP contribution in [0.2, 0.25) is 0 Å². The first-order valence-electron chi connectivity index (χ1n) is 1.43. The molecule has 0 aromatic heterocycles. The van der Waals surface area contributed by atoms with Gasteiger partial charge in [0.1, 0.15) is 13.3 Å². The molecule has 1 aliphatic heterocycles. The lowest BCUT2D eigenvalue weighted by Gasteiger charge is -1.59. The van der Waals surface area contributed by atoms with Gasteiger partial charge >= 0.3 is 7.72 Å². The predicted octanol–water partition coefficient (Wildman–Crippen LogP) is 1.06. The smallest absolute Gasteiger partial charge is 0.00833 e. The van der Waals surface area contributed by atoms with Gasteiger partial charge in [0.05, 0.1) is 0 Å². The van der Waals surface area contributed by atoms with E-state index in [4.69, 9.17) is 0 Å². The van der Waals surface area contributed by atoms with Crippen LogP contribution >= 0.6 is 7.72 Å². The van der Waals surface area contributed by atoms with Crippen molar-refractivity contribution in [2.45, 2.75) is 0 Å². The molecule has 0 spiro atoms. The fraction of sp³-hybridized carbons (Fsp3) is 1.00. The zero-order valence-electron chi connectivity index (χ0n) is 3.26. The topological polar surface area (TPSA) is 25.1 Å². The normalized spacial score (nSPS) is 30.0. The third-order valence-corrected chi connectivity index (χ3v) is 1.12. The first kappa shape index (κ1) is 3.54. The van der Waals surface area contributed by atoms with Crippen LogP contribution in [0.25, 0.3) is 0 Å². The third kappa shape index (κ3) is 0.839. The van der Waals surface area contributed by atoms with Crippen LogP contribution in [0.3, 0.4) is 0 Å². The van der Waals surface area contributed by atoms with Gasteiger partial charge in [-0.05, 0) is 9.35 Å². The molecule has 0 amide bonds. The van der Waals surface area contributed by atoms with Gasteiger partial charge in [0.15, 0.2) is 0 Å². The summed E-state index contributed by atoms with van der Waals surface area (Å²) in [5.74, 6) is 0. The molecule has 1 fully saturated rings. The molecular formula is C2H6O2P+. The molecule has 0 aliphatic carbocycles. The summed E-state index contributed by atoms with van der Waals surface area (Å²) in [5, 5.41) is 0. The maximum absolute atomic E-state index is 4.51. The van der Waals surface area contributed by atoms with Gasteiger partial charge in [-0.1, -0.05) is 0 Å². The number of hydrogen-bond donors (Lipinski definition) is 0. The lowest BCUT2D eigenvalue weighted by atomic mass is 11.9. The zero-order chi connectivity index (χ0) is 3.91. The third-order valence-electron chi connectivity index (χ3n) is 0.373. The van der Waals surface area contributed by atoms with Gasteiger partial charge in [0.25, 0.3) is 0 Å². The summed E-state index contributed by atoms with van der Waals surface area (Å²) in [6.07, 6.45) is 0. The Morgan fingerprint density at radius 3 is 1.40 bits per heavy atom. The maximum Gasteiger partial charge on any atom is 0.360 e. The van der Waals surface area contributed by atoms with E-state index < -0.39 is 7.72 Å². The quantitative estimate of drug-likeness (QED) is 0.254. The van der Waals surface area contributed by atoms with E-state index in [-0.39, 0.29) is 0 Å². The van der Waals surface area contributed by atoms with E-state index in [0.29, 0.717) is 0 Å². The van der Waals surface area contributed by atoms with E-state index in [2.05, 4.69) is 9.35 Å². The van der Waals surface area contributed by atoms with Crippen molar-refractivity contribution in [3.63, 3.8) is 0 Å². The molecule has 2 nitrogen and oxygen atoms in total. The van der Waals surface area contributed by atoms with E-state index in [9.17, 15) is 0 Å². The van der Waals surface area contributed by atoms with Crippen molar-refractivity contribution in [2.24, 2.45) is 0 Å². The van der Waals surface area contributed by atoms with E-state index in [1.54, 1.807) is 0 Å². The van der Waals surface area contributed by atoms with E-state index in [1.165, 1.54) is 0 Å². The zero-order valence-corrected chi connectivity index (χ0v) is 4.16. The highest BCUT2D eigenvalue weighted by atomic mass is 31.2. The molecule has 0 N–H and O–H groups in total. The predicted molar refractivity (Wildman–Crippen MR) is 20.9 cm³/mol. The molecule has 30 valence electrons. The summed E-state index contributed by atoms with van der Waals surface area (Å²) < 4.78 is 9.01. The second-order valence-electron chi connectivity index (χ2n) is 1.40. The Bertz CT molecular complexity index is 45.6. The average Bonchev–Trinajstić information content (AvgIpc) is 1.76. The van der Waals surface area contributed by atoms with Gasteiger partial charge in [0.2, 0.25) is 0 Å². The second-order valence-corrected chi connectivity index (χ2v) is 4.20. The molecule has 5 heavy (non-hydrogen) atoms. The van der Waals surface area contributed by atoms with E-state index in [1.807, 2.05) is 13.3 Å². The number of hydrogen-bond acceptors (Lipinski definition) is 2. The van der Waals surface area contributed by atoms with Crippen molar-refractivity contribution < 1.29 is 9.35 Å². The molecule has 3 heteroatoms. The second kappa shape index (κ2) is 0.700. The fourth-order valence-corrected chi connectivity index (χ4v) is 0.600. The van der Waals surface area contributed by atoms with E-state index in [0.717, 1.165) is 0 Å². The van der Waals surface area contributed by atoms with Gasteiger partial charge in [0, 0.05) is 0 Å². The molecule has 0 atom stereocenters. The van der Waals surface area contributed by atoms with Gasteiger partial charge in [-0.15, -0.1) is 0 Å². The minimum atomic E-state index is -1.14. The Balaban J connectivity index is 2.38. The molecule has 0 unspecified atom stereocenters. The standard InChI is InChI=1S/C2H6O2P/c1-5(2)3-4-5/h1-2H3/q+1. The van der Waals surface area contributed by atoms with Crippen molar-refractivity contribution >= 4 is 7.72 Å². The molecule has 1 aliphatic rings. The summed E-state index contributed by atoms with van der Waals surface area (Å²) in [4.78, 5) is 0. The molecule has 0 aromatic rings. The number of rotatable bonds is 0. The van der Waals surface area contributed by atoms with E-state index >= 15 is 0 Å². The first-order chi connectivity index (χ1) is 2.21.